The summed E-state index contributed by atoms with van der Waals surface area (Å²) in [7, 11) is 0. The number of alkyl halides is 3. The summed E-state index contributed by atoms with van der Waals surface area (Å²) >= 11 is 0. The minimum Gasteiger partial charge on any atom is -0.388 e. The molecule has 0 spiro atoms. The minimum absolute atomic E-state index is 0.143. The predicted molar refractivity (Wildman–Crippen MR) is 82.3 cm³/mol. The summed E-state index contributed by atoms with van der Waals surface area (Å²) < 4.78 is 37.1. The zero-order chi connectivity index (χ0) is 17.6. The normalized spacial score (nSPS) is 12.5. The molecule has 2 rings (SSSR count). The summed E-state index contributed by atoms with van der Waals surface area (Å²) in [4.78, 5) is 14.9. The number of aromatic nitrogens is 1. The topological polar surface area (TPSA) is 74.2 Å². The molecule has 0 aliphatic rings. The molecule has 0 fully saturated rings. The number of rotatable bonds is 5. The van der Waals surface area contributed by atoms with Gasteiger partial charge in [0.25, 0.3) is 0 Å². The number of anilines is 1. The van der Waals surface area contributed by atoms with Crippen LogP contribution in [-0.4, -0.2) is 22.7 Å². The maximum absolute atomic E-state index is 12.4. The molecule has 0 bridgehead atoms. The van der Waals surface area contributed by atoms with E-state index in [4.69, 9.17) is 0 Å². The number of hydrogen-bond acceptors (Lipinski definition) is 3. The Hall–Kier alpha value is -2.61. The van der Waals surface area contributed by atoms with E-state index in [9.17, 15) is 23.1 Å². The van der Waals surface area contributed by atoms with Gasteiger partial charge in [-0.2, -0.15) is 13.2 Å². The average Bonchev–Trinajstić information content (AvgIpc) is 2.55. The zero-order valence-corrected chi connectivity index (χ0v) is 12.5. The fraction of sp³-hybridized carbons (Fsp3) is 0.250. The lowest BCUT2D eigenvalue weighted by Gasteiger charge is -2.12. The summed E-state index contributed by atoms with van der Waals surface area (Å²) in [5.74, 6) is 0. The fourth-order valence-electron chi connectivity index (χ4n) is 1.98. The lowest BCUT2D eigenvalue weighted by molar-refractivity contribution is -0.141. The van der Waals surface area contributed by atoms with Crippen LogP contribution in [0.3, 0.4) is 0 Å². The van der Waals surface area contributed by atoms with Gasteiger partial charge in [0.1, 0.15) is 5.69 Å². The molecular formula is C16H16F3N3O2. The van der Waals surface area contributed by atoms with Crippen LogP contribution in [0, 0.1) is 0 Å². The van der Waals surface area contributed by atoms with E-state index in [2.05, 4.69) is 15.6 Å². The van der Waals surface area contributed by atoms with Gasteiger partial charge in [0.05, 0.1) is 18.0 Å². The molecule has 8 heteroatoms. The summed E-state index contributed by atoms with van der Waals surface area (Å²) in [5, 5.41) is 14.8. The Morgan fingerprint density at radius 2 is 1.88 bits per heavy atom. The molecular weight excluding hydrogens is 323 g/mol. The Labute approximate surface area is 136 Å². The zero-order valence-electron chi connectivity index (χ0n) is 12.5. The number of halogens is 3. The van der Waals surface area contributed by atoms with E-state index >= 15 is 0 Å². The molecule has 0 radical (unpaired) electrons. The number of nitrogens with zero attached hydrogens (tertiary/aromatic N) is 1. The number of carbonyl (C=O) groups excluding carboxylic acids is 1. The molecule has 128 valence electrons. The second-order valence-corrected chi connectivity index (χ2v) is 5.03. The summed E-state index contributed by atoms with van der Waals surface area (Å²) in [5.41, 5.74) is -0.143. The Balaban J connectivity index is 1.77. The first-order valence-electron chi connectivity index (χ1n) is 7.17. The standard InChI is InChI=1S/C16H16F3N3O2/c17-16(18,19)14-7-6-12(10-21-14)22-15(24)20-9-8-13(23)11-4-2-1-3-5-11/h1-7,10,13,23H,8-9H2,(H2,20,22,24). The number of urea groups is 1. The number of benzene rings is 1. The van der Waals surface area contributed by atoms with Crippen LogP contribution < -0.4 is 10.6 Å². The smallest absolute Gasteiger partial charge is 0.388 e. The first-order chi connectivity index (χ1) is 11.4. The monoisotopic (exact) mass is 339 g/mol. The average molecular weight is 339 g/mol. The molecule has 0 saturated heterocycles. The fourth-order valence-corrected chi connectivity index (χ4v) is 1.98. The first kappa shape index (κ1) is 17.7. The molecule has 0 aliphatic carbocycles. The van der Waals surface area contributed by atoms with E-state index in [0.717, 1.165) is 23.9 Å². The highest BCUT2D eigenvalue weighted by molar-refractivity contribution is 5.88. The summed E-state index contributed by atoms with van der Waals surface area (Å²) in [6.07, 6.45) is -3.99. The van der Waals surface area contributed by atoms with Crippen LogP contribution in [0.4, 0.5) is 23.7 Å². The van der Waals surface area contributed by atoms with Gasteiger partial charge >= 0.3 is 12.2 Å². The first-order valence-corrected chi connectivity index (χ1v) is 7.17. The molecule has 1 unspecified atom stereocenters. The van der Waals surface area contributed by atoms with Crippen LogP contribution in [0.25, 0.3) is 0 Å². The minimum atomic E-state index is -4.52. The van der Waals surface area contributed by atoms with Gasteiger partial charge in [0, 0.05) is 6.54 Å². The third-order valence-corrected chi connectivity index (χ3v) is 3.20. The van der Waals surface area contributed by atoms with Gasteiger partial charge in [-0.15, -0.1) is 0 Å². The van der Waals surface area contributed by atoms with Gasteiger partial charge in [-0.25, -0.2) is 9.78 Å². The highest BCUT2D eigenvalue weighted by Gasteiger charge is 2.32. The third kappa shape index (κ3) is 5.24. The Morgan fingerprint density at radius 3 is 2.46 bits per heavy atom. The van der Waals surface area contributed by atoms with Crippen molar-refractivity contribution < 1.29 is 23.1 Å². The molecule has 0 saturated carbocycles. The number of aliphatic hydroxyl groups is 1. The maximum atomic E-state index is 12.4. The molecule has 1 heterocycles. The quantitative estimate of drug-likeness (QED) is 0.782. The van der Waals surface area contributed by atoms with E-state index in [1.54, 1.807) is 24.3 Å². The van der Waals surface area contributed by atoms with E-state index < -0.39 is 24.0 Å². The van der Waals surface area contributed by atoms with Crippen LogP contribution in [0.2, 0.25) is 0 Å². The summed E-state index contributed by atoms with van der Waals surface area (Å²) in [6, 6.07) is 10.3. The van der Waals surface area contributed by atoms with E-state index in [1.165, 1.54) is 0 Å². The van der Waals surface area contributed by atoms with Crippen LogP contribution in [-0.2, 0) is 6.18 Å². The molecule has 0 aliphatic heterocycles. The van der Waals surface area contributed by atoms with E-state index in [-0.39, 0.29) is 12.2 Å². The van der Waals surface area contributed by atoms with Crippen LogP contribution in [0.5, 0.6) is 0 Å². The lowest BCUT2D eigenvalue weighted by atomic mass is 10.1. The van der Waals surface area contributed by atoms with Crippen molar-refractivity contribution >= 4 is 11.7 Å². The van der Waals surface area contributed by atoms with Crippen LogP contribution in [0.1, 0.15) is 23.8 Å². The molecule has 2 amide bonds. The van der Waals surface area contributed by atoms with Crippen molar-refractivity contribution in [1.82, 2.24) is 10.3 Å². The Kier molecular flexibility index (Phi) is 5.75. The van der Waals surface area contributed by atoms with Gasteiger partial charge in [0.15, 0.2) is 0 Å². The number of amides is 2. The second kappa shape index (κ2) is 7.78. The van der Waals surface area contributed by atoms with Crippen LogP contribution >= 0.6 is 0 Å². The second-order valence-electron chi connectivity index (χ2n) is 5.03. The van der Waals surface area contributed by atoms with E-state index in [0.29, 0.717) is 6.42 Å². The molecule has 3 N–H and O–H groups in total. The lowest BCUT2D eigenvalue weighted by Crippen LogP contribution is -2.30. The molecule has 5 nitrogen and oxygen atoms in total. The molecule has 2 aromatic rings. The van der Waals surface area contributed by atoms with Crippen molar-refractivity contribution in [3.63, 3.8) is 0 Å². The SMILES string of the molecule is O=C(NCCC(O)c1ccccc1)Nc1ccc(C(F)(F)F)nc1. The van der Waals surface area contributed by atoms with Crippen molar-refractivity contribution in [3.8, 4) is 0 Å². The summed E-state index contributed by atoms with van der Waals surface area (Å²) in [6.45, 7) is 0.204. The van der Waals surface area contributed by atoms with Crippen molar-refractivity contribution in [2.75, 3.05) is 11.9 Å². The van der Waals surface area contributed by atoms with Gasteiger partial charge in [0.2, 0.25) is 0 Å². The van der Waals surface area contributed by atoms with Crippen molar-refractivity contribution in [2.24, 2.45) is 0 Å². The number of pyridine rings is 1. The number of nitrogens with one attached hydrogen (secondary N) is 2. The molecule has 1 aromatic heterocycles. The van der Waals surface area contributed by atoms with Crippen molar-refractivity contribution in [1.29, 1.82) is 0 Å². The molecule has 1 aromatic carbocycles. The van der Waals surface area contributed by atoms with E-state index in [1.807, 2.05) is 6.07 Å². The largest absolute Gasteiger partial charge is 0.433 e. The number of hydrogen-bond donors (Lipinski definition) is 3. The predicted octanol–water partition coefficient (Wildman–Crippen LogP) is 3.35. The highest BCUT2D eigenvalue weighted by atomic mass is 19.4. The molecule has 1 atom stereocenters. The van der Waals surface area contributed by atoms with Crippen molar-refractivity contribution in [2.45, 2.75) is 18.7 Å². The van der Waals surface area contributed by atoms with Crippen molar-refractivity contribution in [3.05, 3.63) is 59.9 Å². The Morgan fingerprint density at radius 1 is 1.17 bits per heavy atom. The van der Waals surface area contributed by atoms with Gasteiger partial charge in [-0.05, 0) is 24.1 Å². The highest BCUT2D eigenvalue weighted by Crippen LogP contribution is 2.27. The van der Waals surface area contributed by atoms with Gasteiger partial charge in [-0.3, -0.25) is 0 Å². The molecule has 24 heavy (non-hydrogen) atoms. The van der Waals surface area contributed by atoms with Crippen LogP contribution in [0.15, 0.2) is 48.7 Å². The number of aliphatic hydroxyl groups excluding tert-OH is 1. The number of carbonyl (C=O) groups is 1. The Bertz CT molecular complexity index is 661. The van der Waals surface area contributed by atoms with Gasteiger partial charge in [-0.1, -0.05) is 30.3 Å². The maximum Gasteiger partial charge on any atom is 0.433 e. The third-order valence-electron chi connectivity index (χ3n) is 3.20. The van der Waals surface area contributed by atoms with Gasteiger partial charge < -0.3 is 15.7 Å².